The highest BCUT2D eigenvalue weighted by molar-refractivity contribution is 5.52. The highest BCUT2D eigenvalue weighted by Crippen LogP contribution is 2.28. The van der Waals surface area contributed by atoms with E-state index in [1.165, 1.54) is 0 Å². The van der Waals surface area contributed by atoms with Gasteiger partial charge in [0.25, 0.3) is 0 Å². The number of nitrogens with zero attached hydrogens (tertiary/aromatic N) is 1. The van der Waals surface area contributed by atoms with Crippen LogP contribution in [0.5, 0.6) is 0 Å². The number of hydrogen-bond acceptors (Lipinski definition) is 5. The first kappa shape index (κ1) is 24.5. The van der Waals surface area contributed by atoms with E-state index in [0.29, 0.717) is 31.3 Å². The summed E-state index contributed by atoms with van der Waals surface area (Å²) in [4.78, 5) is 13.0. The lowest BCUT2D eigenvalue weighted by Gasteiger charge is -2.33. The molecule has 0 heterocycles. The summed E-state index contributed by atoms with van der Waals surface area (Å²) in [7, 11) is 3.66. The molecule has 0 aliphatic heterocycles. The molecule has 0 aliphatic carbocycles. The minimum absolute atomic E-state index is 0.0498. The van der Waals surface area contributed by atoms with Crippen LogP contribution in [0.3, 0.4) is 0 Å². The number of methoxy groups -OCH3 is 1. The van der Waals surface area contributed by atoms with Crippen LogP contribution in [-0.2, 0) is 9.53 Å². The number of aliphatic hydroxyl groups is 2. The number of aliphatic hydroxyl groups excluding tert-OH is 1. The molecule has 5 heteroatoms. The molecule has 2 N–H and O–H groups in total. The van der Waals surface area contributed by atoms with E-state index in [4.69, 9.17) is 4.74 Å². The first-order valence-electron chi connectivity index (χ1n) is 9.55. The fraction of sp³-hybridized carbons (Fsp3) is 0.950. The second kappa shape index (κ2) is 12.0. The van der Waals surface area contributed by atoms with Gasteiger partial charge in [0, 0.05) is 25.6 Å². The third-order valence-electron chi connectivity index (χ3n) is 4.91. The lowest BCUT2D eigenvalue weighted by atomic mass is 9.82. The molecule has 0 aromatic heterocycles. The third kappa shape index (κ3) is 11.7. The fourth-order valence-corrected chi connectivity index (χ4v) is 3.93. The zero-order valence-electron chi connectivity index (χ0n) is 17.4. The van der Waals surface area contributed by atoms with Crippen LogP contribution in [-0.4, -0.2) is 66.5 Å². The van der Waals surface area contributed by atoms with Crippen LogP contribution in [0.2, 0.25) is 0 Å². The standard InChI is InChI=1S/C20H41NO4/c1-15(8-16(2)13-22)10-20(5,24)11-17(3)12-21(6)18(4)9-19(23)14-25-7/h13,15-19,23-24H,8-12,14H2,1-7H3/t15-,16?,17+,18+,19?,20?/m0/s1. The Labute approximate surface area is 154 Å². The molecule has 0 saturated heterocycles. The largest absolute Gasteiger partial charge is 0.391 e. The van der Waals surface area contributed by atoms with E-state index in [2.05, 4.69) is 32.7 Å². The van der Waals surface area contributed by atoms with Crippen molar-refractivity contribution >= 4 is 6.29 Å². The topological polar surface area (TPSA) is 70.0 Å². The lowest BCUT2D eigenvalue weighted by Crippen LogP contribution is -2.38. The fourth-order valence-electron chi connectivity index (χ4n) is 3.93. The second-order valence-electron chi connectivity index (χ2n) is 8.60. The molecular formula is C20H41NO4. The van der Waals surface area contributed by atoms with Gasteiger partial charge in [-0.15, -0.1) is 0 Å². The van der Waals surface area contributed by atoms with Gasteiger partial charge < -0.3 is 24.6 Å². The molecule has 0 fully saturated rings. The Hall–Kier alpha value is -0.490. The molecule has 0 spiro atoms. The van der Waals surface area contributed by atoms with Crippen LogP contribution >= 0.6 is 0 Å². The van der Waals surface area contributed by atoms with Crippen molar-refractivity contribution in [1.82, 2.24) is 4.90 Å². The summed E-state index contributed by atoms with van der Waals surface area (Å²) in [6.07, 6.45) is 3.48. The molecule has 0 aliphatic rings. The average molecular weight is 360 g/mol. The molecule has 0 radical (unpaired) electrons. The van der Waals surface area contributed by atoms with Crippen LogP contribution in [0, 0.1) is 17.8 Å². The molecule has 0 amide bonds. The van der Waals surface area contributed by atoms with Gasteiger partial charge in [-0.05, 0) is 58.4 Å². The Morgan fingerprint density at radius 1 is 1.12 bits per heavy atom. The summed E-state index contributed by atoms with van der Waals surface area (Å²) >= 11 is 0. The van der Waals surface area contributed by atoms with Crippen molar-refractivity contribution in [2.24, 2.45) is 17.8 Å². The van der Waals surface area contributed by atoms with Crippen molar-refractivity contribution in [3.63, 3.8) is 0 Å². The van der Waals surface area contributed by atoms with Crippen molar-refractivity contribution < 1.29 is 19.7 Å². The van der Waals surface area contributed by atoms with Crippen molar-refractivity contribution in [1.29, 1.82) is 0 Å². The molecule has 0 rings (SSSR count). The zero-order valence-corrected chi connectivity index (χ0v) is 17.4. The molecule has 5 nitrogen and oxygen atoms in total. The Morgan fingerprint density at radius 3 is 2.20 bits per heavy atom. The summed E-state index contributed by atoms with van der Waals surface area (Å²) < 4.78 is 4.98. The highest BCUT2D eigenvalue weighted by Gasteiger charge is 2.27. The number of ether oxygens (including phenoxy) is 1. The van der Waals surface area contributed by atoms with Gasteiger partial charge >= 0.3 is 0 Å². The number of carbonyl (C=O) groups excluding carboxylic acids is 1. The summed E-state index contributed by atoms with van der Waals surface area (Å²) in [5, 5.41) is 20.6. The van der Waals surface area contributed by atoms with E-state index in [-0.39, 0.29) is 12.0 Å². The molecule has 0 bridgehead atoms. The van der Waals surface area contributed by atoms with Crippen LogP contribution in [0.15, 0.2) is 0 Å². The normalized spacial score (nSPS) is 20.6. The van der Waals surface area contributed by atoms with E-state index in [1.54, 1.807) is 7.11 Å². The number of carbonyl (C=O) groups is 1. The number of rotatable bonds is 14. The predicted molar refractivity (Wildman–Crippen MR) is 103 cm³/mol. The maximum atomic E-state index is 10.8. The molecule has 150 valence electrons. The molecule has 0 aromatic carbocycles. The van der Waals surface area contributed by atoms with Gasteiger partial charge in [-0.2, -0.15) is 0 Å². The minimum atomic E-state index is -0.721. The Morgan fingerprint density at radius 2 is 1.68 bits per heavy atom. The average Bonchev–Trinajstić information content (AvgIpc) is 2.45. The maximum Gasteiger partial charge on any atom is 0.122 e. The van der Waals surface area contributed by atoms with E-state index in [1.807, 2.05) is 13.8 Å². The Balaban J connectivity index is 4.36. The second-order valence-corrected chi connectivity index (χ2v) is 8.60. The van der Waals surface area contributed by atoms with Gasteiger partial charge in [0.1, 0.15) is 6.29 Å². The molecule has 0 saturated carbocycles. The van der Waals surface area contributed by atoms with Gasteiger partial charge in [0.2, 0.25) is 0 Å². The Bertz CT molecular complexity index is 362. The molecule has 0 aromatic rings. The monoisotopic (exact) mass is 359 g/mol. The maximum absolute atomic E-state index is 10.8. The smallest absolute Gasteiger partial charge is 0.122 e. The van der Waals surface area contributed by atoms with E-state index < -0.39 is 11.7 Å². The van der Waals surface area contributed by atoms with Gasteiger partial charge in [-0.25, -0.2) is 0 Å². The molecule has 3 unspecified atom stereocenters. The third-order valence-corrected chi connectivity index (χ3v) is 4.91. The minimum Gasteiger partial charge on any atom is -0.391 e. The summed E-state index contributed by atoms with van der Waals surface area (Å²) in [5.41, 5.74) is -0.721. The van der Waals surface area contributed by atoms with Gasteiger partial charge in [-0.1, -0.05) is 20.8 Å². The van der Waals surface area contributed by atoms with Gasteiger partial charge in [0.15, 0.2) is 0 Å². The lowest BCUT2D eigenvalue weighted by molar-refractivity contribution is -0.111. The SMILES string of the molecule is COCC(O)C[C@@H](C)N(C)C[C@H](C)CC(C)(O)C[C@@H](C)CC(C)C=O. The van der Waals surface area contributed by atoms with Crippen molar-refractivity contribution in [2.75, 3.05) is 27.3 Å². The van der Waals surface area contributed by atoms with Crippen LogP contribution < -0.4 is 0 Å². The summed E-state index contributed by atoms with van der Waals surface area (Å²) in [6.45, 7) is 11.4. The van der Waals surface area contributed by atoms with E-state index >= 15 is 0 Å². The Kier molecular flexibility index (Phi) is 11.8. The molecule has 6 atom stereocenters. The van der Waals surface area contributed by atoms with Crippen LogP contribution in [0.1, 0.15) is 60.3 Å². The zero-order chi connectivity index (χ0) is 19.6. The quantitative estimate of drug-likeness (QED) is 0.467. The van der Waals surface area contributed by atoms with E-state index in [9.17, 15) is 15.0 Å². The van der Waals surface area contributed by atoms with Crippen LogP contribution in [0.4, 0.5) is 0 Å². The first-order chi connectivity index (χ1) is 11.5. The molecule has 25 heavy (non-hydrogen) atoms. The summed E-state index contributed by atoms with van der Waals surface area (Å²) in [5.74, 6) is 0.717. The first-order valence-corrected chi connectivity index (χ1v) is 9.55. The van der Waals surface area contributed by atoms with Crippen LogP contribution in [0.25, 0.3) is 0 Å². The van der Waals surface area contributed by atoms with Crippen molar-refractivity contribution in [3.8, 4) is 0 Å². The molecular weight excluding hydrogens is 318 g/mol. The highest BCUT2D eigenvalue weighted by atomic mass is 16.5. The number of hydrogen-bond donors (Lipinski definition) is 2. The van der Waals surface area contributed by atoms with Crippen molar-refractivity contribution in [2.45, 2.75) is 78.0 Å². The van der Waals surface area contributed by atoms with Crippen molar-refractivity contribution in [3.05, 3.63) is 0 Å². The summed E-state index contributed by atoms with van der Waals surface area (Å²) in [6, 6.07) is 0.255. The predicted octanol–water partition coefficient (Wildman–Crippen LogP) is 2.73. The van der Waals surface area contributed by atoms with Gasteiger partial charge in [-0.3, -0.25) is 0 Å². The van der Waals surface area contributed by atoms with Gasteiger partial charge in [0.05, 0.1) is 18.3 Å². The van der Waals surface area contributed by atoms with E-state index in [0.717, 1.165) is 25.7 Å². The number of aldehydes is 1.